The van der Waals surface area contributed by atoms with E-state index in [1.54, 1.807) is 24.3 Å². The van der Waals surface area contributed by atoms with Crippen LogP contribution in [0.2, 0.25) is 0 Å². The SMILES string of the molecule is COc1ccc(-n2ncc(C(=O)NCc3ccc(OCCN(C)C)cc3)c2C(F)(F)F)nn1. The number of halogens is 3. The van der Waals surface area contributed by atoms with E-state index in [9.17, 15) is 18.0 Å². The molecule has 3 rings (SSSR count). The second-order valence-corrected chi connectivity index (χ2v) is 7.23. The summed E-state index contributed by atoms with van der Waals surface area (Å²) in [6.45, 7) is 1.31. The van der Waals surface area contributed by atoms with Gasteiger partial charge in [-0.2, -0.15) is 18.3 Å². The second kappa shape index (κ2) is 10.3. The van der Waals surface area contributed by atoms with Gasteiger partial charge in [-0.15, -0.1) is 10.2 Å². The monoisotopic (exact) mass is 464 g/mol. The van der Waals surface area contributed by atoms with Crippen molar-refractivity contribution in [3.05, 3.63) is 59.4 Å². The molecule has 1 amide bonds. The highest BCUT2D eigenvalue weighted by atomic mass is 19.4. The van der Waals surface area contributed by atoms with Crippen LogP contribution in [0.1, 0.15) is 21.6 Å². The summed E-state index contributed by atoms with van der Waals surface area (Å²) >= 11 is 0. The molecule has 0 aliphatic heterocycles. The van der Waals surface area contributed by atoms with Crippen molar-refractivity contribution in [2.45, 2.75) is 12.7 Å². The van der Waals surface area contributed by atoms with Crippen molar-refractivity contribution in [2.24, 2.45) is 0 Å². The van der Waals surface area contributed by atoms with Crippen LogP contribution in [0.25, 0.3) is 5.82 Å². The molecule has 0 unspecified atom stereocenters. The van der Waals surface area contributed by atoms with Gasteiger partial charge in [0.15, 0.2) is 11.5 Å². The van der Waals surface area contributed by atoms with E-state index in [-0.39, 0.29) is 18.2 Å². The lowest BCUT2D eigenvalue weighted by atomic mass is 10.2. The number of carbonyl (C=O) groups is 1. The van der Waals surface area contributed by atoms with E-state index in [2.05, 4.69) is 20.6 Å². The summed E-state index contributed by atoms with van der Waals surface area (Å²) < 4.78 is 52.3. The van der Waals surface area contributed by atoms with Gasteiger partial charge in [0.05, 0.1) is 18.9 Å². The number of nitrogens with one attached hydrogen (secondary N) is 1. The molecule has 1 aromatic carbocycles. The zero-order valence-electron chi connectivity index (χ0n) is 18.3. The number of rotatable bonds is 9. The third-order valence-electron chi connectivity index (χ3n) is 4.52. The highest BCUT2D eigenvalue weighted by Crippen LogP contribution is 2.33. The van der Waals surface area contributed by atoms with Crippen LogP contribution in [0, 0.1) is 0 Å². The van der Waals surface area contributed by atoms with Crippen LogP contribution in [0.15, 0.2) is 42.6 Å². The van der Waals surface area contributed by atoms with Crippen LogP contribution in [-0.2, 0) is 12.7 Å². The van der Waals surface area contributed by atoms with Crippen LogP contribution < -0.4 is 14.8 Å². The minimum absolute atomic E-state index is 0.0294. The van der Waals surface area contributed by atoms with Crippen molar-refractivity contribution in [1.82, 2.24) is 30.2 Å². The third kappa shape index (κ3) is 6.19. The normalized spacial score (nSPS) is 11.5. The van der Waals surface area contributed by atoms with E-state index in [0.29, 0.717) is 22.6 Å². The van der Waals surface area contributed by atoms with Crippen molar-refractivity contribution in [3.8, 4) is 17.4 Å². The van der Waals surface area contributed by atoms with Gasteiger partial charge in [0.2, 0.25) is 5.88 Å². The lowest BCUT2D eigenvalue weighted by Crippen LogP contribution is -2.26. The van der Waals surface area contributed by atoms with Crippen LogP contribution in [0.5, 0.6) is 11.6 Å². The van der Waals surface area contributed by atoms with Crippen LogP contribution in [-0.4, -0.2) is 65.1 Å². The topological polar surface area (TPSA) is 94.4 Å². The molecule has 0 aliphatic carbocycles. The smallest absolute Gasteiger partial charge is 0.434 e. The van der Waals surface area contributed by atoms with Gasteiger partial charge in [-0.25, -0.2) is 4.68 Å². The van der Waals surface area contributed by atoms with Crippen molar-refractivity contribution >= 4 is 5.91 Å². The number of aromatic nitrogens is 4. The fourth-order valence-electron chi connectivity index (χ4n) is 2.82. The van der Waals surface area contributed by atoms with Gasteiger partial charge in [-0.3, -0.25) is 4.79 Å². The number of ether oxygens (including phenoxy) is 2. The molecule has 2 heterocycles. The van der Waals surface area contributed by atoms with Crippen molar-refractivity contribution in [2.75, 3.05) is 34.4 Å². The van der Waals surface area contributed by atoms with Gasteiger partial charge in [0.25, 0.3) is 5.91 Å². The standard InChI is InChI=1S/C21H23F3N6O3/c1-29(2)10-11-33-15-6-4-14(5-7-15)12-25-20(31)16-13-26-30(19(16)21(22,23)24)17-8-9-18(32-3)28-27-17/h4-9,13H,10-12H2,1-3H3,(H,25,31). The summed E-state index contributed by atoms with van der Waals surface area (Å²) in [6, 6.07) is 9.53. The average Bonchev–Trinajstić information content (AvgIpc) is 3.24. The molecule has 12 heteroatoms. The Labute approximate surface area is 188 Å². The molecule has 176 valence electrons. The Kier molecular flexibility index (Phi) is 7.48. The lowest BCUT2D eigenvalue weighted by Gasteiger charge is -2.13. The van der Waals surface area contributed by atoms with E-state index >= 15 is 0 Å². The number of likely N-dealkylation sites (N-methyl/N-ethyl adjacent to an activating group) is 1. The Balaban J connectivity index is 1.71. The molecule has 0 atom stereocenters. The van der Waals surface area contributed by atoms with E-state index < -0.39 is 23.3 Å². The number of amides is 1. The maximum absolute atomic E-state index is 13.8. The van der Waals surface area contributed by atoms with Gasteiger partial charge in [-0.1, -0.05) is 12.1 Å². The Morgan fingerprint density at radius 2 is 1.85 bits per heavy atom. The van der Waals surface area contributed by atoms with Gasteiger partial charge < -0.3 is 19.7 Å². The van der Waals surface area contributed by atoms with E-state index in [4.69, 9.17) is 9.47 Å². The van der Waals surface area contributed by atoms with Crippen LogP contribution >= 0.6 is 0 Å². The number of benzene rings is 1. The first kappa shape index (κ1) is 24.0. The minimum Gasteiger partial charge on any atom is -0.492 e. The number of nitrogens with zero attached hydrogens (tertiary/aromatic N) is 5. The van der Waals surface area contributed by atoms with E-state index in [1.807, 2.05) is 19.0 Å². The molecule has 0 radical (unpaired) electrons. The first-order valence-electron chi connectivity index (χ1n) is 9.87. The number of methoxy groups -OCH3 is 1. The number of hydrogen-bond donors (Lipinski definition) is 1. The Morgan fingerprint density at radius 3 is 2.42 bits per heavy atom. The number of alkyl halides is 3. The highest BCUT2D eigenvalue weighted by molar-refractivity contribution is 5.95. The number of carbonyl (C=O) groups excluding carboxylic acids is 1. The molecule has 9 nitrogen and oxygen atoms in total. The molecular formula is C21H23F3N6O3. The molecule has 33 heavy (non-hydrogen) atoms. The Hall–Kier alpha value is -3.67. The Morgan fingerprint density at radius 1 is 1.12 bits per heavy atom. The highest BCUT2D eigenvalue weighted by Gasteiger charge is 2.41. The maximum Gasteiger partial charge on any atom is 0.434 e. The Bertz CT molecular complexity index is 1070. The molecule has 0 saturated carbocycles. The first-order valence-corrected chi connectivity index (χ1v) is 9.87. The fourth-order valence-corrected chi connectivity index (χ4v) is 2.82. The molecular weight excluding hydrogens is 441 g/mol. The zero-order valence-corrected chi connectivity index (χ0v) is 18.3. The van der Waals surface area contributed by atoms with Crippen LogP contribution in [0.3, 0.4) is 0 Å². The minimum atomic E-state index is -4.85. The molecule has 0 bridgehead atoms. The zero-order chi connectivity index (χ0) is 24.0. The lowest BCUT2D eigenvalue weighted by molar-refractivity contribution is -0.143. The quantitative estimate of drug-likeness (QED) is 0.520. The molecule has 3 aromatic rings. The van der Waals surface area contributed by atoms with Gasteiger partial charge in [-0.05, 0) is 37.9 Å². The summed E-state index contributed by atoms with van der Waals surface area (Å²) in [5.74, 6) is -0.326. The number of hydrogen-bond acceptors (Lipinski definition) is 7. The van der Waals surface area contributed by atoms with Gasteiger partial charge in [0.1, 0.15) is 12.4 Å². The summed E-state index contributed by atoms with van der Waals surface area (Å²) in [7, 11) is 5.23. The summed E-state index contributed by atoms with van der Waals surface area (Å²) in [6.07, 6.45) is -4.00. The van der Waals surface area contributed by atoms with Crippen LogP contribution in [0.4, 0.5) is 13.2 Å². The van der Waals surface area contributed by atoms with Gasteiger partial charge >= 0.3 is 6.18 Å². The maximum atomic E-state index is 13.8. The van der Waals surface area contributed by atoms with E-state index in [0.717, 1.165) is 12.7 Å². The average molecular weight is 464 g/mol. The molecule has 0 aliphatic rings. The second-order valence-electron chi connectivity index (χ2n) is 7.23. The van der Waals surface area contributed by atoms with Crippen molar-refractivity contribution in [1.29, 1.82) is 0 Å². The largest absolute Gasteiger partial charge is 0.492 e. The van der Waals surface area contributed by atoms with Crippen molar-refractivity contribution < 1.29 is 27.4 Å². The molecule has 2 aromatic heterocycles. The van der Waals surface area contributed by atoms with Crippen molar-refractivity contribution in [3.63, 3.8) is 0 Å². The predicted octanol–water partition coefficient (Wildman–Crippen LogP) is 2.56. The molecule has 0 fully saturated rings. The molecule has 0 spiro atoms. The summed E-state index contributed by atoms with van der Waals surface area (Å²) in [5, 5.41) is 13.5. The molecule has 0 saturated heterocycles. The fraction of sp³-hybridized carbons (Fsp3) is 0.333. The predicted molar refractivity (Wildman–Crippen MR) is 112 cm³/mol. The summed E-state index contributed by atoms with van der Waals surface area (Å²) in [5.41, 5.74) is -1.17. The molecule has 1 N–H and O–H groups in total. The third-order valence-corrected chi connectivity index (χ3v) is 4.52. The first-order chi connectivity index (χ1) is 15.7. The van der Waals surface area contributed by atoms with E-state index in [1.165, 1.54) is 19.2 Å². The summed E-state index contributed by atoms with van der Waals surface area (Å²) in [4.78, 5) is 14.5. The van der Waals surface area contributed by atoms with Gasteiger partial charge in [0, 0.05) is 19.2 Å².